The number of para-hydroxylation sites is 1. The van der Waals surface area contributed by atoms with Gasteiger partial charge in [0.1, 0.15) is 29.0 Å². The molecule has 2 aromatic carbocycles. The predicted molar refractivity (Wildman–Crippen MR) is 157 cm³/mol. The van der Waals surface area contributed by atoms with Crippen LogP contribution in [0.1, 0.15) is 37.2 Å². The van der Waals surface area contributed by atoms with Crippen molar-refractivity contribution in [3.63, 3.8) is 0 Å². The smallest absolute Gasteiger partial charge is 0.266 e. The maximum atomic E-state index is 14.5. The van der Waals surface area contributed by atoms with E-state index in [0.717, 1.165) is 12.0 Å². The summed E-state index contributed by atoms with van der Waals surface area (Å²) in [6.07, 6.45) is 4.76. The standard InChI is InChI=1S/C30H27N9O2/c1-17-11-12-24(38(17)27-22(14-31)26(32)36-30(33)37-27)28-35-23-10-6-9-21(18-13-20(41-2)16-34-15-18)25(23)29(40)39(28)19-7-4-3-5-8-19/h3-10,13,15-17,24H,11-12H2,1-2H3,(H4,32,33,36,37)/t17-,24-/m0/s1. The van der Waals surface area contributed by atoms with E-state index >= 15 is 0 Å². The monoisotopic (exact) mass is 545 g/mol. The van der Waals surface area contributed by atoms with Crippen molar-refractivity contribution in [3.05, 3.63) is 88.7 Å². The van der Waals surface area contributed by atoms with Gasteiger partial charge in [-0.3, -0.25) is 14.3 Å². The molecule has 0 spiro atoms. The second-order valence-electron chi connectivity index (χ2n) is 9.89. The van der Waals surface area contributed by atoms with Crippen LogP contribution in [0.5, 0.6) is 5.75 Å². The summed E-state index contributed by atoms with van der Waals surface area (Å²) >= 11 is 0. The number of rotatable bonds is 5. The van der Waals surface area contributed by atoms with Crippen LogP contribution in [0.15, 0.2) is 71.8 Å². The van der Waals surface area contributed by atoms with Gasteiger partial charge in [0.25, 0.3) is 5.56 Å². The molecule has 11 nitrogen and oxygen atoms in total. The van der Waals surface area contributed by atoms with Crippen molar-refractivity contribution < 1.29 is 4.74 Å². The number of aromatic nitrogens is 5. The van der Waals surface area contributed by atoms with Gasteiger partial charge in [0.2, 0.25) is 5.95 Å². The first-order valence-corrected chi connectivity index (χ1v) is 13.1. The fourth-order valence-corrected chi connectivity index (χ4v) is 5.59. The summed E-state index contributed by atoms with van der Waals surface area (Å²) in [6.45, 7) is 2.04. The number of hydrogen-bond donors (Lipinski definition) is 2. The predicted octanol–water partition coefficient (Wildman–Crippen LogP) is 4.01. The van der Waals surface area contributed by atoms with Crippen LogP contribution in [0.3, 0.4) is 0 Å². The van der Waals surface area contributed by atoms with Crippen LogP contribution in [0, 0.1) is 11.3 Å². The van der Waals surface area contributed by atoms with E-state index < -0.39 is 6.04 Å². The molecule has 0 saturated carbocycles. The summed E-state index contributed by atoms with van der Waals surface area (Å²) in [5, 5.41) is 10.4. The zero-order chi connectivity index (χ0) is 28.7. The maximum Gasteiger partial charge on any atom is 0.266 e. The van der Waals surface area contributed by atoms with Crippen LogP contribution in [-0.4, -0.2) is 37.7 Å². The van der Waals surface area contributed by atoms with E-state index in [0.29, 0.717) is 46.0 Å². The molecular weight excluding hydrogens is 518 g/mol. The van der Waals surface area contributed by atoms with Gasteiger partial charge < -0.3 is 21.1 Å². The van der Waals surface area contributed by atoms with E-state index in [9.17, 15) is 10.1 Å². The molecule has 2 atom stereocenters. The number of benzene rings is 2. The minimum absolute atomic E-state index is 0.0105. The zero-order valence-electron chi connectivity index (χ0n) is 22.5. The van der Waals surface area contributed by atoms with Crippen LogP contribution in [0.2, 0.25) is 0 Å². The molecule has 0 bridgehead atoms. The highest BCUT2D eigenvalue weighted by atomic mass is 16.5. The Morgan fingerprint density at radius 1 is 1.02 bits per heavy atom. The Bertz CT molecular complexity index is 1880. The van der Waals surface area contributed by atoms with E-state index in [-0.39, 0.29) is 28.9 Å². The molecule has 0 aliphatic carbocycles. The van der Waals surface area contributed by atoms with Crippen LogP contribution in [0.25, 0.3) is 27.7 Å². The first-order chi connectivity index (χ1) is 19.9. The maximum absolute atomic E-state index is 14.5. The molecule has 1 fully saturated rings. The SMILES string of the molecule is COc1cncc(-c2cccc3nc([C@@H]4CC[C@H](C)N4c4nc(N)nc(N)c4C#N)n(-c4ccccc4)c(=O)c23)c1. The second-order valence-corrected chi connectivity index (χ2v) is 9.89. The largest absolute Gasteiger partial charge is 0.495 e. The van der Waals surface area contributed by atoms with E-state index in [4.69, 9.17) is 21.2 Å². The van der Waals surface area contributed by atoms with Crippen LogP contribution < -0.4 is 26.7 Å². The number of anilines is 3. The quantitative estimate of drug-likeness (QED) is 0.330. The summed E-state index contributed by atoms with van der Waals surface area (Å²) < 4.78 is 7.03. The van der Waals surface area contributed by atoms with E-state index in [1.165, 1.54) is 0 Å². The molecule has 1 aliphatic rings. The average molecular weight is 546 g/mol. The molecular formula is C30H27N9O2. The van der Waals surface area contributed by atoms with Crippen molar-refractivity contribution in [1.82, 2.24) is 24.5 Å². The summed E-state index contributed by atoms with van der Waals surface area (Å²) in [4.78, 5) is 34.3. The second kappa shape index (κ2) is 10.2. The molecule has 0 unspecified atom stereocenters. The van der Waals surface area contributed by atoms with Crippen LogP contribution >= 0.6 is 0 Å². The van der Waals surface area contributed by atoms with Crippen molar-refractivity contribution in [2.24, 2.45) is 0 Å². The minimum atomic E-state index is -0.398. The van der Waals surface area contributed by atoms with Crippen molar-refractivity contribution in [2.45, 2.75) is 31.8 Å². The van der Waals surface area contributed by atoms with Crippen molar-refractivity contribution in [3.8, 4) is 28.6 Å². The summed E-state index contributed by atoms with van der Waals surface area (Å²) in [5.74, 6) is 1.42. The van der Waals surface area contributed by atoms with Gasteiger partial charge in [-0.15, -0.1) is 0 Å². The molecule has 204 valence electrons. The van der Waals surface area contributed by atoms with Gasteiger partial charge in [0, 0.05) is 17.8 Å². The molecule has 0 radical (unpaired) electrons. The molecule has 5 aromatic rings. The molecule has 1 aliphatic heterocycles. The van der Waals surface area contributed by atoms with Gasteiger partial charge in [-0.1, -0.05) is 30.3 Å². The average Bonchev–Trinajstić information content (AvgIpc) is 3.37. The lowest BCUT2D eigenvalue weighted by molar-refractivity contribution is 0.413. The molecule has 6 rings (SSSR count). The van der Waals surface area contributed by atoms with Crippen LogP contribution in [0.4, 0.5) is 17.6 Å². The fourth-order valence-electron chi connectivity index (χ4n) is 5.59. The number of methoxy groups -OCH3 is 1. The Kier molecular flexibility index (Phi) is 6.43. The van der Waals surface area contributed by atoms with Gasteiger partial charge in [-0.05, 0) is 49.6 Å². The Balaban J connectivity index is 1.64. The first kappa shape index (κ1) is 25.8. The fraction of sp³-hybridized carbons (Fsp3) is 0.200. The summed E-state index contributed by atoms with van der Waals surface area (Å²) in [7, 11) is 1.57. The Hall–Kier alpha value is -5.50. The lowest BCUT2D eigenvalue weighted by Gasteiger charge is -2.31. The van der Waals surface area contributed by atoms with Crippen molar-refractivity contribution in [1.29, 1.82) is 5.26 Å². The number of fused-ring (bicyclic) bond motifs is 1. The third-order valence-corrected chi connectivity index (χ3v) is 7.46. The molecule has 41 heavy (non-hydrogen) atoms. The van der Waals surface area contributed by atoms with Gasteiger partial charge in [-0.2, -0.15) is 15.2 Å². The van der Waals surface area contributed by atoms with Crippen molar-refractivity contribution >= 4 is 28.5 Å². The highest BCUT2D eigenvalue weighted by molar-refractivity contribution is 5.94. The topological polar surface area (TPSA) is 162 Å². The van der Waals surface area contributed by atoms with Gasteiger partial charge in [-0.25, -0.2) is 4.98 Å². The molecule has 3 aromatic heterocycles. The number of nitrogens with zero attached hydrogens (tertiary/aromatic N) is 7. The number of pyridine rings is 1. The highest BCUT2D eigenvalue weighted by Crippen LogP contribution is 2.41. The third kappa shape index (κ3) is 4.35. The molecule has 0 amide bonds. The number of hydrogen-bond acceptors (Lipinski definition) is 10. The first-order valence-electron chi connectivity index (χ1n) is 13.1. The minimum Gasteiger partial charge on any atom is -0.495 e. The molecule has 1 saturated heterocycles. The van der Waals surface area contributed by atoms with E-state index in [2.05, 4.69) is 21.0 Å². The van der Waals surface area contributed by atoms with Crippen LogP contribution in [-0.2, 0) is 0 Å². The third-order valence-electron chi connectivity index (χ3n) is 7.46. The number of nitrogen functional groups attached to an aromatic ring is 2. The number of nitrogens with two attached hydrogens (primary N) is 2. The zero-order valence-corrected chi connectivity index (χ0v) is 22.5. The van der Waals surface area contributed by atoms with Gasteiger partial charge >= 0.3 is 0 Å². The number of nitriles is 1. The summed E-state index contributed by atoms with van der Waals surface area (Å²) in [5.41, 5.74) is 14.6. The molecule has 4 N–H and O–H groups in total. The van der Waals surface area contributed by atoms with E-state index in [1.54, 1.807) is 24.1 Å². The van der Waals surface area contributed by atoms with Gasteiger partial charge in [0.05, 0.1) is 35.9 Å². The van der Waals surface area contributed by atoms with E-state index in [1.807, 2.05) is 66.4 Å². The lowest BCUT2D eigenvalue weighted by Crippen LogP contribution is -2.36. The lowest BCUT2D eigenvalue weighted by atomic mass is 10.0. The Morgan fingerprint density at radius 2 is 1.83 bits per heavy atom. The normalized spacial score (nSPS) is 16.6. The Labute approximate surface area is 235 Å². The highest BCUT2D eigenvalue weighted by Gasteiger charge is 2.38. The van der Waals surface area contributed by atoms with Gasteiger partial charge in [0.15, 0.2) is 5.82 Å². The van der Waals surface area contributed by atoms with Crippen molar-refractivity contribution in [2.75, 3.05) is 23.5 Å². The summed E-state index contributed by atoms with van der Waals surface area (Å²) in [6, 6.07) is 18.5. The molecule has 11 heteroatoms. The Morgan fingerprint density at radius 3 is 2.59 bits per heavy atom. The molecule has 4 heterocycles. The number of ether oxygens (including phenoxy) is 1.